The number of phenolic OH excluding ortho intramolecular Hbond substituents is 1. The molecule has 0 aliphatic carbocycles. The Morgan fingerprint density at radius 2 is 1.84 bits per heavy atom. The first-order valence-electron chi connectivity index (χ1n) is 10.4. The maximum atomic E-state index is 14.1. The number of fused-ring (bicyclic) bond motifs is 2. The van der Waals surface area contributed by atoms with Crippen LogP contribution in [0.2, 0.25) is 0 Å². The van der Waals surface area contributed by atoms with Gasteiger partial charge < -0.3 is 14.6 Å². The van der Waals surface area contributed by atoms with Crippen LogP contribution in [0.3, 0.4) is 0 Å². The Bertz CT molecular complexity index is 1290. The van der Waals surface area contributed by atoms with Gasteiger partial charge >= 0.3 is 0 Å². The maximum absolute atomic E-state index is 14.1. The molecule has 1 aromatic heterocycles. The minimum absolute atomic E-state index is 0.00827. The minimum atomic E-state index is -0.525. The average Bonchev–Trinajstić information content (AvgIpc) is 3.10. The van der Waals surface area contributed by atoms with E-state index in [1.165, 1.54) is 18.2 Å². The number of para-hydroxylation sites is 1. The topological polar surface area (TPSA) is 45.5 Å². The second-order valence-electron chi connectivity index (χ2n) is 8.10. The van der Waals surface area contributed by atoms with Crippen LogP contribution in [0.15, 0.2) is 72.9 Å². The number of aromatic nitrogens is 1. The highest BCUT2D eigenvalue weighted by Gasteiger charge is 2.33. The lowest BCUT2D eigenvalue weighted by Gasteiger charge is -2.38. The smallest absolute Gasteiger partial charge is 0.227 e. The number of benzene rings is 3. The van der Waals surface area contributed by atoms with Crippen LogP contribution in [0.5, 0.6) is 5.75 Å². The first-order valence-corrected chi connectivity index (χ1v) is 10.4. The van der Waals surface area contributed by atoms with E-state index in [4.69, 9.17) is 0 Å². The van der Waals surface area contributed by atoms with Crippen LogP contribution in [-0.2, 0) is 24.7 Å². The molecule has 3 aromatic carbocycles. The Balaban J connectivity index is 1.56. The quantitative estimate of drug-likeness (QED) is 0.526. The molecule has 31 heavy (non-hydrogen) atoms. The molecule has 0 bridgehead atoms. The van der Waals surface area contributed by atoms with E-state index >= 15 is 0 Å². The maximum Gasteiger partial charge on any atom is 0.227 e. The molecule has 2 heterocycles. The van der Waals surface area contributed by atoms with Crippen molar-refractivity contribution in [1.82, 2.24) is 9.47 Å². The third kappa shape index (κ3) is 3.36. The van der Waals surface area contributed by atoms with Crippen LogP contribution in [0.25, 0.3) is 10.9 Å². The predicted octanol–water partition coefficient (Wildman–Crippen LogP) is 4.74. The van der Waals surface area contributed by atoms with Crippen molar-refractivity contribution in [2.24, 2.45) is 7.05 Å². The summed E-state index contributed by atoms with van der Waals surface area (Å²) in [5.41, 5.74) is 4.50. The van der Waals surface area contributed by atoms with Crippen molar-refractivity contribution in [2.45, 2.75) is 18.9 Å². The van der Waals surface area contributed by atoms with Crippen LogP contribution in [0, 0.1) is 5.82 Å². The first-order chi connectivity index (χ1) is 15.0. The minimum Gasteiger partial charge on any atom is -0.508 e. The summed E-state index contributed by atoms with van der Waals surface area (Å²) in [4.78, 5) is 15.3. The molecule has 1 atom stereocenters. The Hall–Kier alpha value is -3.60. The van der Waals surface area contributed by atoms with E-state index in [0.29, 0.717) is 12.1 Å². The monoisotopic (exact) mass is 414 g/mol. The van der Waals surface area contributed by atoms with Gasteiger partial charge in [0.1, 0.15) is 11.6 Å². The van der Waals surface area contributed by atoms with E-state index in [-0.39, 0.29) is 18.1 Å². The lowest BCUT2D eigenvalue weighted by Crippen LogP contribution is -2.41. The number of halogens is 1. The molecule has 0 fully saturated rings. The van der Waals surface area contributed by atoms with E-state index in [1.54, 1.807) is 4.90 Å². The van der Waals surface area contributed by atoms with Crippen molar-refractivity contribution in [3.05, 3.63) is 101 Å². The van der Waals surface area contributed by atoms with Crippen molar-refractivity contribution < 1.29 is 14.3 Å². The van der Waals surface area contributed by atoms with E-state index in [2.05, 4.69) is 0 Å². The lowest BCUT2D eigenvalue weighted by molar-refractivity contribution is -0.132. The van der Waals surface area contributed by atoms with Gasteiger partial charge in [0.2, 0.25) is 5.91 Å². The summed E-state index contributed by atoms with van der Waals surface area (Å²) in [6.07, 6.45) is 2.97. The zero-order valence-corrected chi connectivity index (χ0v) is 17.3. The first kappa shape index (κ1) is 19.4. The SMILES string of the molecule is Cn1cc(CC(=O)N2CCc3ccccc3C2c2cc(F)ccc2O)c2ccccc21. The van der Waals surface area contributed by atoms with Crippen molar-refractivity contribution >= 4 is 16.8 Å². The van der Waals surface area contributed by atoms with E-state index in [1.807, 2.05) is 66.3 Å². The van der Waals surface area contributed by atoms with Crippen molar-refractivity contribution in [2.75, 3.05) is 6.54 Å². The molecule has 1 aliphatic heterocycles. The van der Waals surface area contributed by atoms with E-state index < -0.39 is 11.9 Å². The van der Waals surface area contributed by atoms with Gasteiger partial charge in [0.25, 0.3) is 0 Å². The molecular formula is C26H23FN2O2. The number of hydrogen-bond donors (Lipinski definition) is 1. The predicted molar refractivity (Wildman–Crippen MR) is 118 cm³/mol. The molecular weight excluding hydrogens is 391 g/mol. The third-order valence-corrected chi connectivity index (χ3v) is 6.21. The Labute approximate surface area is 180 Å². The summed E-state index contributed by atoms with van der Waals surface area (Å²) in [6, 6.07) is 19.3. The second kappa shape index (κ2) is 7.58. The fraction of sp³-hybridized carbons (Fsp3) is 0.192. The molecule has 0 saturated heterocycles. The van der Waals surface area contributed by atoms with Crippen molar-refractivity contribution in [3.63, 3.8) is 0 Å². The van der Waals surface area contributed by atoms with Gasteiger partial charge in [-0.1, -0.05) is 42.5 Å². The number of phenols is 1. The van der Waals surface area contributed by atoms with Crippen LogP contribution < -0.4 is 0 Å². The summed E-state index contributed by atoms with van der Waals surface area (Å²) in [6.45, 7) is 0.515. The molecule has 1 N–H and O–H groups in total. The number of carbonyl (C=O) groups is 1. The Morgan fingerprint density at radius 1 is 1.06 bits per heavy atom. The summed E-state index contributed by atoms with van der Waals surface area (Å²) in [7, 11) is 1.97. The molecule has 0 radical (unpaired) electrons. The summed E-state index contributed by atoms with van der Waals surface area (Å²) in [5.74, 6) is -0.483. The highest BCUT2D eigenvalue weighted by atomic mass is 19.1. The average molecular weight is 414 g/mol. The molecule has 5 rings (SSSR count). The highest BCUT2D eigenvalue weighted by molar-refractivity contribution is 5.89. The summed E-state index contributed by atoms with van der Waals surface area (Å²) < 4.78 is 16.1. The largest absolute Gasteiger partial charge is 0.508 e. The molecule has 0 saturated carbocycles. The number of aryl methyl sites for hydroxylation is 1. The zero-order valence-electron chi connectivity index (χ0n) is 17.3. The third-order valence-electron chi connectivity index (χ3n) is 6.21. The van der Waals surface area contributed by atoms with Gasteiger partial charge in [-0.15, -0.1) is 0 Å². The van der Waals surface area contributed by atoms with Crippen LogP contribution in [0.4, 0.5) is 4.39 Å². The van der Waals surface area contributed by atoms with Crippen LogP contribution >= 0.6 is 0 Å². The van der Waals surface area contributed by atoms with Gasteiger partial charge in [-0.2, -0.15) is 0 Å². The fourth-order valence-corrected chi connectivity index (χ4v) is 4.75. The van der Waals surface area contributed by atoms with Gasteiger partial charge in [0, 0.05) is 36.3 Å². The number of rotatable bonds is 3. The lowest BCUT2D eigenvalue weighted by atomic mass is 9.87. The molecule has 1 amide bonds. The van der Waals surface area contributed by atoms with Gasteiger partial charge in [-0.05, 0) is 47.4 Å². The molecule has 0 spiro atoms. The van der Waals surface area contributed by atoms with Crippen LogP contribution in [0.1, 0.15) is 28.3 Å². The zero-order chi connectivity index (χ0) is 21.5. The van der Waals surface area contributed by atoms with Gasteiger partial charge in [-0.25, -0.2) is 4.39 Å². The molecule has 5 heteroatoms. The standard InChI is InChI=1S/C26H23FN2O2/c1-28-16-18(20-7-4-5-9-23(20)28)14-25(31)29-13-12-17-6-2-3-8-21(17)26(29)22-15-19(27)10-11-24(22)30/h2-11,15-16,26,30H,12-14H2,1H3. The van der Waals surface area contributed by atoms with Crippen molar-refractivity contribution in [1.29, 1.82) is 0 Å². The summed E-state index contributed by atoms with van der Waals surface area (Å²) >= 11 is 0. The number of carbonyl (C=O) groups excluding carboxylic acids is 1. The van der Waals surface area contributed by atoms with E-state index in [0.717, 1.165) is 34.0 Å². The normalized spacial score (nSPS) is 15.8. The fourth-order valence-electron chi connectivity index (χ4n) is 4.75. The number of amides is 1. The molecule has 156 valence electrons. The molecule has 1 unspecified atom stereocenters. The van der Waals surface area contributed by atoms with Crippen LogP contribution in [-0.4, -0.2) is 27.0 Å². The molecule has 4 aromatic rings. The Morgan fingerprint density at radius 3 is 2.71 bits per heavy atom. The van der Waals surface area contributed by atoms with Crippen molar-refractivity contribution in [3.8, 4) is 5.75 Å². The summed E-state index contributed by atoms with van der Waals surface area (Å²) in [5, 5.41) is 11.6. The Kier molecular flexibility index (Phi) is 4.74. The molecule has 4 nitrogen and oxygen atoms in total. The number of aromatic hydroxyl groups is 1. The van der Waals surface area contributed by atoms with Gasteiger partial charge in [0.05, 0.1) is 12.5 Å². The van der Waals surface area contributed by atoms with Gasteiger partial charge in [0.15, 0.2) is 0 Å². The van der Waals surface area contributed by atoms with E-state index in [9.17, 15) is 14.3 Å². The number of hydrogen-bond acceptors (Lipinski definition) is 2. The molecule has 1 aliphatic rings. The highest BCUT2D eigenvalue weighted by Crippen LogP contribution is 2.39. The van der Waals surface area contributed by atoms with Gasteiger partial charge in [-0.3, -0.25) is 4.79 Å². The second-order valence-corrected chi connectivity index (χ2v) is 8.10. The number of nitrogens with zero attached hydrogens (tertiary/aromatic N) is 2.